The topological polar surface area (TPSA) is 28.2 Å². The summed E-state index contributed by atoms with van der Waals surface area (Å²) >= 11 is 0. The third-order valence-corrected chi connectivity index (χ3v) is 3.40. The molecule has 0 aromatic carbocycles. The fourth-order valence-corrected chi connectivity index (χ4v) is 2.36. The van der Waals surface area contributed by atoms with E-state index in [9.17, 15) is 13.2 Å². The van der Waals surface area contributed by atoms with E-state index in [1.807, 2.05) is 13.1 Å². The number of piperidine rings is 1. The van der Waals surface area contributed by atoms with Gasteiger partial charge in [-0.1, -0.05) is 6.07 Å². The Kier molecular flexibility index (Phi) is 4.29. The van der Waals surface area contributed by atoms with Crippen LogP contribution in [0.15, 0.2) is 18.3 Å². The second kappa shape index (κ2) is 5.77. The highest BCUT2D eigenvalue weighted by molar-refractivity contribution is 5.40. The molecule has 1 aliphatic rings. The van der Waals surface area contributed by atoms with Crippen molar-refractivity contribution in [3.8, 4) is 0 Å². The fraction of sp³-hybridized carbons (Fsp3) is 0.615. The quantitative estimate of drug-likeness (QED) is 0.917. The van der Waals surface area contributed by atoms with Gasteiger partial charge in [0.2, 0.25) is 0 Å². The average molecular weight is 273 g/mol. The van der Waals surface area contributed by atoms with Crippen LogP contribution in [0.2, 0.25) is 0 Å². The maximum Gasteiger partial charge on any atom is 0.393 e. The van der Waals surface area contributed by atoms with E-state index in [1.165, 1.54) is 0 Å². The van der Waals surface area contributed by atoms with Gasteiger partial charge in [-0.05, 0) is 31.5 Å². The molecule has 2 rings (SSSR count). The molecule has 1 N–H and O–H groups in total. The summed E-state index contributed by atoms with van der Waals surface area (Å²) in [6.45, 7) is 1.37. The second-order valence-corrected chi connectivity index (χ2v) is 4.88. The maximum atomic E-state index is 12.7. The zero-order chi connectivity index (χ0) is 13.9. The Morgan fingerprint density at radius 3 is 2.79 bits per heavy atom. The van der Waals surface area contributed by atoms with E-state index in [2.05, 4.69) is 10.3 Å². The molecular formula is C13H18F3N3. The summed E-state index contributed by atoms with van der Waals surface area (Å²) in [5, 5.41) is 3.01. The number of hydrogen-bond donors (Lipinski definition) is 1. The minimum atomic E-state index is -4.11. The summed E-state index contributed by atoms with van der Waals surface area (Å²) in [5.74, 6) is -0.603. The predicted molar refractivity (Wildman–Crippen MR) is 68.0 cm³/mol. The number of halogens is 3. The van der Waals surface area contributed by atoms with Crippen molar-refractivity contribution < 1.29 is 13.2 Å². The van der Waals surface area contributed by atoms with Crippen LogP contribution in [0, 0.1) is 5.92 Å². The smallest absolute Gasteiger partial charge is 0.356 e. The lowest BCUT2D eigenvalue weighted by Gasteiger charge is -2.34. The summed E-state index contributed by atoms with van der Waals surface area (Å²) in [7, 11) is 1.84. The molecule has 19 heavy (non-hydrogen) atoms. The van der Waals surface area contributed by atoms with Crippen molar-refractivity contribution in [2.24, 2.45) is 5.92 Å². The molecule has 2 heterocycles. The molecule has 1 aromatic heterocycles. The van der Waals surface area contributed by atoms with Crippen LogP contribution in [0.1, 0.15) is 18.4 Å². The summed E-state index contributed by atoms with van der Waals surface area (Å²) in [6, 6.07) is 3.70. The number of pyridine rings is 1. The normalized spacial score (nSPS) is 20.6. The van der Waals surface area contributed by atoms with Crippen molar-refractivity contribution in [3.05, 3.63) is 23.9 Å². The molecule has 1 atom stereocenters. The van der Waals surface area contributed by atoms with Crippen molar-refractivity contribution in [2.45, 2.75) is 25.6 Å². The molecule has 1 fully saturated rings. The highest BCUT2D eigenvalue weighted by atomic mass is 19.4. The number of nitrogens with zero attached hydrogens (tertiary/aromatic N) is 2. The van der Waals surface area contributed by atoms with E-state index in [0.717, 1.165) is 5.56 Å². The van der Waals surface area contributed by atoms with Gasteiger partial charge in [0.05, 0.1) is 5.92 Å². The number of nitrogens with one attached hydrogen (secondary N) is 1. The van der Waals surface area contributed by atoms with Crippen molar-refractivity contribution in [1.29, 1.82) is 0 Å². The SMILES string of the molecule is CNCc1ccc(N2CCCC(C(F)(F)F)C2)nc1. The van der Waals surface area contributed by atoms with E-state index in [0.29, 0.717) is 25.3 Å². The summed E-state index contributed by atoms with van der Waals surface area (Å²) in [5.41, 5.74) is 1.02. The third kappa shape index (κ3) is 3.59. The molecule has 106 valence electrons. The lowest BCUT2D eigenvalue weighted by Crippen LogP contribution is -2.42. The summed E-state index contributed by atoms with van der Waals surface area (Å²) in [6.07, 6.45) is -1.62. The zero-order valence-corrected chi connectivity index (χ0v) is 10.9. The van der Waals surface area contributed by atoms with Crippen LogP contribution in [0.3, 0.4) is 0 Å². The van der Waals surface area contributed by atoms with Crippen LogP contribution in [0.4, 0.5) is 19.0 Å². The van der Waals surface area contributed by atoms with Crippen LogP contribution in [0.5, 0.6) is 0 Å². The average Bonchev–Trinajstić information content (AvgIpc) is 2.39. The van der Waals surface area contributed by atoms with Crippen LogP contribution < -0.4 is 10.2 Å². The van der Waals surface area contributed by atoms with Gasteiger partial charge in [-0.15, -0.1) is 0 Å². The van der Waals surface area contributed by atoms with Crippen molar-refractivity contribution in [3.63, 3.8) is 0 Å². The Morgan fingerprint density at radius 2 is 2.21 bits per heavy atom. The molecule has 6 heteroatoms. The molecule has 1 saturated heterocycles. The monoisotopic (exact) mass is 273 g/mol. The maximum absolute atomic E-state index is 12.7. The number of anilines is 1. The van der Waals surface area contributed by atoms with Crippen LogP contribution in [-0.4, -0.2) is 31.3 Å². The number of aromatic nitrogens is 1. The second-order valence-electron chi connectivity index (χ2n) is 4.88. The fourth-order valence-electron chi connectivity index (χ4n) is 2.36. The minimum Gasteiger partial charge on any atom is -0.356 e. The van der Waals surface area contributed by atoms with E-state index in [-0.39, 0.29) is 13.0 Å². The Bertz CT molecular complexity index is 403. The van der Waals surface area contributed by atoms with Crippen molar-refractivity contribution >= 4 is 5.82 Å². The van der Waals surface area contributed by atoms with Gasteiger partial charge in [0.25, 0.3) is 0 Å². The Labute approximate surface area is 110 Å². The molecule has 0 spiro atoms. The summed E-state index contributed by atoms with van der Waals surface area (Å²) < 4.78 is 38.2. The van der Waals surface area contributed by atoms with E-state index in [4.69, 9.17) is 0 Å². The van der Waals surface area contributed by atoms with Crippen molar-refractivity contribution in [1.82, 2.24) is 10.3 Å². The molecule has 3 nitrogen and oxygen atoms in total. The van der Waals surface area contributed by atoms with E-state index >= 15 is 0 Å². The van der Waals surface area contributed by atoms with Gasteiger partial charge in [-0.3, -0.25) is 0 Å². The van der Waals surface area contributed by atoms with Gasteiger partial charge in [-0.25, -0.2) is 4.98 Å². The van der Waals surface area contributed by atoms with E-state index in [1.54, 1.807) is 17.2 Å². The van der Waals surface area contributed by atoms with E-state index < -0.39 is 12.1 Å². The Hall–Kier alpha value is -1.30. The lowest BCUT2D eigenvalue weighted by molar-refractivity contribution is -0.176. The van der Waals surface area contributed by atoms with Crippen LogP contribution >= 0.6 is 0 Å². The first-order valence-corrected chi connectivity index (χ1v) is 6.42. The van der Waals surface area contributed by atoms with Crippen molar-refractivity contribution in [2.75, 3.05) is 25.0 Å². The van der Waals surface area contributed by atoms with Crippen LogP contribution in [0.25, 0.3) is 0 Å². The molecule has 0 amide bonds. The lowest BCUT2D eigenvalue weighted by atomic mass is 9.97. The molecule has 0 aliphatic carbocycles. The highest BCUT2D eigenvalue weighted by Crippen LogP contribution is 2.34. The Balaban J connectivity index is 2.04. The molecule has 0 bridgehead atoms. The predicted octanol–water partition coefficient (Wildman–Crippen LogP) is 2.58. The zero-order valence-electron chi connectivity index (χ0n) is 10.9. The largest absolute Gasteiger partial charge is 0.393 e. The molecule has 0 radical (unpaired) electrons. The first kappa shape index (κ1) is 14.1. The Morgan fingerprint density at radius 1 is 1.42 bits per heavy atom. The van der Waals surface area contributed by atoms with Gasteiger partial charge >= 0.3 is 6.18 Å². The number of hydrogen-bond acceptors (Lipinski definition) is 3. The minimum absolute atomic E-state index is 0.0157. The van der Waals surface area contributed by atoms with Gasteiger partial charge in [0, 0.05) is 25.8 Å². The first-order chi connectivity index (χ1) is 9.00. The standard InChI is InChI=1S/C13H18F3N3/c1-17-7-10-4-5-12(18-8-10)19-6-2-3-11(9-19)13(14,15)16/h4-5,8,11,17H,2-3,6-7,9H2,1H3. The molecule has 1 unspecified atom stereocenters. The highest BCUT2D eigenvalue weighted by Gasteiger charge is 2.41. The number of rotatable bonds is 3. The van der Waals surface area contributed by atoms with Crippen LogP contribution in [-0.2, 0) is 6.54 Å². The molecule has 1 aliphatic heterocycles. The molecule has 1 aromatic rings. The van der Waals surface area contributed by atoms with Gasteiger partial charge in [0.15, 0.2) is 0 Å². The summed E-state index contributed by atoms with van der Waals surface area (Å²) in [4.78, 5) is 5.98. The first-order valence-electron chi connectivity index (χ1n) is 6.42. The van der Waals surface area contributed by atoms with Gasteiger partial charge < -0.3 is 10.2 Å². The third-order valence-electron chi connectivity index (χ3n) is 3.40. The molecular weight excluding hydrogens is 255 g/mol. The van der Waals surface area contributed by atoms with Gasteiger partial charge in [-0.2, -0.15) is 13.2 Å². The van der Waals surface area contributed by atoms with Gasteiger partial charge in [0.1, 0.15) is 5.82 Å². The molecule has 0 saturated carbocycles. The number of alkyl halides is 3.